The summed E-state index contributed by atoms with van der Waals surface area (Å²) in [4.78, 5) is 21.0. The van der Waals surface area contributed by atoms with Gasteiger partial charge in [-0.2, -0.15) is 0 Å². The Kier molecular flexibility index (Phi) is 8.51. The molecule has 3 heterocycles. The molecule has 1 N–H and O–H groups in total. The molecule has 0 unspecified atom stereocenters. The summed E-state index contributed by atoms with van der Waals surface area (Å²) in [6.45, 7) is 7.02. The van der Waals surface area contributed by atoms with Gasteiger partial charge in [-0.1, -0.05) is 12.1 Å². The molecular formula is C22H34N6O3. The maximum absolute atomic E-state index is 12.9. The van der Waals surface area contributed by atoms with Crippen LogP contribution in [0.3, 0.4) is 0 Å². The molecule has 2 aromatic heterocycles. The first-order valence-electron chi connectivity index (χ1n) is 10.9. The number of carbonyl (C=O) groups is 1. The number of likely N-dealkylation sites (N-methyl/N-ethyl adjacent to an activating group) is 1. The first kappa shape index (κ1) is 23.3. The molecule has 3 rings (SSSR count). The zero-order valence-corrected chi connectivity index (χ0v) is 18.7. The van der Waals surface area contributed by atoms with Crippen molar-refractivity contribution in [3.63, 3.8) is 0 Å². The predicted octanol–water partition coefficient (Wildman–Crippen LogP) is 1.33. The molecule has 0 aromatic carbocycles. The fraction of sp³-hybridized carbons (Fsp3) is 0.636. The molecule has 2 aromatic rings. The third kappa shape index (κ3) is 6.56. The quantitative estimate of drug-likeness (QED) is 0.738. The molecule has 0 spiro atoms. The minimum absolute atomic E-state index is 0.0551. The van der Waals surface area contributed by atoms with Gasteiger partial charge in [-0.25, -0.2) is 4.68 Å². The summed E-state index contributed by atoms with van der Waals surface area (Å²) >= 11 is 0. The largest absolute Gasteiger partial charge is 0.394 e. The van der Waals surface area contributed by atoms with Crippen LogP contribution in [0.2, 0.25) is 0 Å². The maximum atomic E-state index is 12.9. The van der Waals surface area contributed by atoms with Crippen molar-refractivity contribution in [1.29, 1.82) is 0 Å². The number of pyridine rings is 1. The normalized spacial score (nSPS) is 22.0. The molecule has 170 valence electrons. The molecule has 1 aliphatic heterocycles. The summed E-state index contributed by atoms with van der Waals surface area (Å²) in [5.41, 5.74) is 2.11. The number of aliphatic hydroxyl groups excluding tert-OH is 1. The van der Waals surface area contributed by atoms with E-state index in [9.17, 15) is 9.90 Å². The predicted molar refractivity (Wildman–Crippen MR) is 116 cm³/mol. The van der Waals surface area contributed by atoms with Crippen LogP contribution in [0.25, 0.3) is 0 Å². The van der Waals surface area contributed by atoms with Gasteiger partial charge in [0.05, 0.1) is 37.3 Å². The van der Waals surface area contributed by atoms with Crippen molar-refractivity contribution >= 4 is 5.91 Å². The van der Waals surface area contributed by atoms with Gasteiger partial charge in [-0.3, -0.25) is 14.7 Å². The van der Waals surface area contributed by atoms with Crippen molar-refractivity contribution in [2.24, 2.45) is 5.92 Å². The van der Waals surface area contributed by atoms with E-state index in [0.717, 1.165) is 12.2 Å². The van der Waals surface area contributed by atoms with Crippen molar-refractivity contribution in [2.75, 3.05) is 26.7 Å². The highest BCUT2D eigenvalue weighted by atomic mass is 16.5. The highest BCUT2D eigenvalue weighted by Gasteiger charge is 2.28. The number of fused-ring (bicyclic) bond motifs is 1. The molecule has 9 heteroatoms. The van der Waals surface area contributed by atoms with Crippen LogP contribution in [0, 0.1) is 5.92 Å². The summed E-state index contributed by atoms with van der Waals surface area (Å²) in [6.07, 6.45) is 6.32. The number of carbonyl (C=O) groups excluding carboxylic acids is 1. The van der Waals surface area contributed by atoms with E-state index in [2.05, 4.69) is 34.2 Å². The van der Waals surface area contributed by atoms with E-state index in [1.54, 1.807) is 23.5 Å². The van der Waals surface area contributed by atoms with Gasteiger partial charge in [0.15, 0.2) is 0 Å². The Hall–Kier alpha value is -2.36. The summed E-state index contributed by atoms with van der Waals surface area (Å²) in [5, 5.41) is 17.9. The third-order valence-corrected chi connectivity index (χ3v) is 5.83. The Balaban J connectivity index is 1.77. The van der Waals surface area contributed by atoms with Gasteiger partial charge in [-0.15, -0.1) is 5.10 Å². The molecule has 1 aliphatic rings. The Bertz CT molecular complexity index is 815. The van der Waals surface area contributed by atoms with Crippen molar-refractivity contribution in [1.82, 2.24) is 29.8 Å². The molecule has 0 fully saturated rings. The number of rotatable bonds is 6. The van der Waals surface area contributed by atoms with Gasteiger partial charge in [0.1, 0.15) is 0 Å². The van der Waals surface area contributed by atoms with Crippen LogP contribution in [0.1, 0.15) is 37.9 Å². The van der Waals surface area contributed by atoms with E-state index < -0.39 is 0 Å². The lowest BCUT2D eigenvalue weighted by atomic mass is 10.0. The monoisotopic (exact) mass is 430 g/mol. The minimum atomic E-state index is -0.227. The van der Waals surface area contributed by atoms with Gasteiger partial charge in [0.25, 0.3) is 0 Å². The molecule has 0 aliphatic carbocycles. The van der Waals surface area contributed by atoms with E-state index in [1.165, 1.54) is 5.56 Å². The molecule has 0 saturated carbocycles. The van der Waals surface area contributed by atoms with E-state index in [0.29, 0.717) is 39.1 Å². The zero-order chi connectivity index (χ0) is 22.2. The highest BCUT2D eigenvalue weighted by molar-refractivity contribution is 5.76. The number of hydrogen-bond donors (Lipinski definition) is 1. The van der Waals surface area contributed by atoms with Crippen LogP contribution in [0.5, 0.6) is 0 Å². The number of aromatic nitrogens is 4. The molecule has 31 heavy (non-hydrogen) atoms. The van der Waals surface area contributed by atoms with E-state index in [4.69, 9.17) is 4.74 Å². The SMILES string of the molecule is C[C@H](CO)N1C[C@H](C)[C@@H](CN(C)Cc2ccncc2)OCc2cnnn2CCCC1=O. The smallest absolute Gasteiger partial charge is 0.222 e. The highest BCUT2D eigenvalue weighted by Crippen LogP contribution is 2.18. The van der Waals surface area contributed by atoms with Crippen LogP contribution in [-0.2, 0) is 29.2 Å². The molecule has 0 radical (unpaired) electrons. The fourth-order valence-corrected chi connectivity index (χ4v) is 3.92. The topological polar surface area (TPSA) is 96.6 Å². The number of aryl methyl sites for hydroxylation is 1. The number of amides is 1. The summed E-state index contributed by atoms with van der Waals surface area (Å²) in [5.74, 6) is 0.140. The zero-order valence-electron chi connectivity index (χ0n) is 18.7. The van der Waals surface area contributed by atoms with Crippen LogP contribution >= 0.6 is 0 Å². The van der Waals surface area contributed by atoms with Crippen LogP contribution in [0.15, 0.2) is 30.7 Å². The standard InChI is InChI=1S/C22H34N6O3/c1-17-12-27(18(2)15-29)22(30)5-4-10-28-20(11-24-25-28)16-31-21(17)14-26(3)13-19-6-8-23-9-7-19/h6-9,11,17-18,21,29H,4-5,10,12-16H2,1-3H3/t17-,18+,21+/m0/s1. The third-order valence-electron chi connectivity index (χ3n) is 5.83. The maximum Gasteiger partial charge on any atom is 0.222 e. The Labute approximate surface area is 184 Å². The van der Waals surface area contributed by atoms with Crippen molar-refractivity contribution in [2.45, 2.75) is 58.5 Å². The van der Waals surface area contributed by atoms with Crippen LogP contribution < -0.4 is 0 Å². The second-order valence-corrected chi connectivity index (χ2v) is 8.51. The van der Waals surface area contributed by atoms with E-state index in [-0.39, 0.29) is 30.6 Å². The molecule has 0 bridgehead atoms. The lowest BCUT2D eigenvalue weighted by Gasteiger charge is -2.35. The average Bonchev–Trinajstić information content (AvgIpc) is 3.21. The average molecular weight is 431 g/mol. The lowest BCUT2D eigenvalue weighted by Crippen LogP contribution is -2.47. The van der Waals surface area contributed by atoms with Gasteiger partial charge in [0, 0.05) is 50.9 Å². The molecule has 0 saturated heterocycles. The van der Waals surface area contributed by atoms with Crippen LogP contribution in [0.4, 0.5) is 0 Å². The first-order chi connectivity index (χ1) is 15.0. The van der Waals surface area contributed by atoms with Crippen molar-refractivity contribution in [3.8, 4) is 0 Å². The van der Waals surface area contributed by atoms with Gasteiger partial charge >= 0.3 is 0 Å². The summed E-state index contributed by atoms with van der Waals surface area (Å²) < 4.78 is 8.18. The number of aliphatic hydroxyl groups is 1. The van der Waals surface area contributed by atoms with Gasteiger partial charge < -0.3 is 14.7 Å². The Morgan fingerprint density at radius 2 is 2.13 bits per heavy atom. The van der Waals surface area contributed by atoms with Crippen LogP contribution in [-0.4, -0.2) is 79.7 Å². The second-order valence-electron chi connectivity index (χ2n) is 8.51. The summed E-state index contributed by atoms with van der Waals surface area (Å²) in [6, 6.07) is 3.79. The Morgan fingerprint density at radius 1 is 1.35 bits per heavy atom. The minimum Gasteiger partial charge on any atom is -0.394 e. The van der Waals surface area contributed by atoms with E-state index in [1.807, 2.05) is 23.7 Å². The Morgan fingerprint density at radius 3 is 2.87 bits per heavy atom. The van der Waals surface area contributed by atoms with Gasteiger partial charge in [0.2, 0.25) is 5.91 Å². The lowest BCUT2D eigenvalue weighted by molar-refractivity contribution is -0.136. The van der Waals surface area contributed by atoms with Crippen molar-refractivity contribution < 1.29 is 14.6 Å². The number of hydrogen-bond acceptors (Lipinski definition) is 7. The number of nitrogens with zero attached hydrogens (tertiary/aromatic N) is 6. The number of ether oxygens (including phenoxy) is 1. The molecule has 9 nitrogen and oxygen atoms in total. The second kappa shape index (κ2) is 11.3. The van der Waals surface area contributed by atoms with Gasteiger partial charge in [-0.05, 0) is 38.1 Å². The molecule has 1 amide bonds. The molecule has 3 atom stereocenters. The fourth-order valence-electron chi connectivity index (χ4n) is 3.92. The molecular weight excluding hydrogens is 396 g/mol. The summed E-state index contributed by atoms with van der Waals surface area (Å²) in [7, 11) is 2.07. The van der Waals surface area contributed by atoms with E-state index >= 15 is 0 Å². The van der Waals surface area contributed by atoms with Crippen molar-refractivity contribution in [3.05, 3.63) is 42.0 Å². The first-order valence-corrected chi connectivity index (χ1v) is 10.9.